The summed E-state index contributed by atoms with van der Waals surface area (Å²) < 4.78 is 0. The fourth-order valence-corrected chi connectivity index (χ4v) is 2.92. The zero-order valence-corrected chi connectivity index (χ0v) is 12.3. The first kappa shape index (κ1) is 14.2. The normalized spacial score (nSPS) is 12.4. The van der Waals surface area contributed by atoms with Gasteiger partial charge in [-0.15, -0.1) is 11.8 Å². The van der Waals surface area contributed by atoms with Gasteiger partial charge in [-0.2, -0.15) is 0 Å². The molecule has 100 valence electrons. The highest BCUT2D eigenvalue weighted by Crippen LogP contribution is 2.23. The molecule has 1 nitrogen and oxygen atoms in total. The summed E-state index contributed by atoms with van der Waals surface area (Å²) in [7, 11) is 0. The molecule has 1 unspecified atom stereocenters. The number of aliphatic hydroxyl groups excluding tert-OH is 1. The molecule has 1 atom stereocenters. The van der Waals surface area contributed by atoms with Gasteiger partial charge in [0.15, 0.2) is 0 Å². The van der Waals surface area contributed by atoms with Crippen LogP contribution < -0.4 is 0 Å². The van der Waals surface area contributed by atoms with Crippen LogP contribution in [-0.2, 0) is 6.42 Å². The molecule has 19 heavy (non-hydrogen) atoms. The number of aliphatic hydroxyl groups is 1. The molecule has 0 saturated heterocycles. The predicted octanol–water partition coefficient (Wildman–Crippen LogP) is 4.00. The van der Waals surface area contributed by atoms with Gasteiger partial charge >= 0.3 is 0 Å². The molecule has 2 rings (SSSR count). The van der Waals surface area contributed by atoms with E-state index < -0.39 is 0 Å². The highest BCUT2D eigenvalue weighted by atomic mass is 32.2. The Labute approximate surface area is 119 Å². The van der Waals surface area contributed by atoms with Crippen LogP contribution in [0.1, 0.15) is 16.7 Å². The highest BCUT2D eigenvalue weighted by molar-refractivity contribution is 7.99. The Morgan fingerprint density at radius 1 is 1.00 bits per heavy atom. The molecular formula is C17H20OS. The molecule has 0 aliphatic heterocycles. The van der Waals surface area contributed by atoms with Crippen LogP contribution in [0.25, 0.3) is 0 Å². The summed E-state index contributed by atoms with van der Waals surface area (Å²) in [5, 5.41) is 10.1. The van der Waals surface area contributed by atoms with E-state index in [1.807, 2.05) is 12.1 Å². The molecule has 0 fully saturated rings. The zero-order chi connectivity index (χ0) is 13.7. The van der Waals surface area contributed by atoms with Crippen LogP contribution in [0.2, 0.25) is 0 Å². The van der Waals surface area contributed by atoms with Gasteiger partial charge in [0.1, 0.15) is 0 Å². The van der Waals surface area contributed by atoms with Crippen LogP contribution in [-0.4, -0.2) is 17.0 Å². The minimum atomic E-state index is -0.299. The van der Waals surface area contributed by atoms with Crippen molar-refractivity contribution in [1.82, 2.24) is 0 Å². The SMILES string of the molecule is Cc1ccc(CC(O)CSc2ccccc2C)cc1. The molecule has 0 saturated carbocycles. The molecule has 2 aromatic carbocycles. The number of rotatable bonds is 5. The quantitative estimate of drug-likeness (QED) is 0.830. The van der Waals surface area contributed by atoms with Crippen LogP contribution in [0, 0.1) is 13.8 Å². The van der Waals surface area contributed by atoms with Gasteiger partial charge in [0.05, 0.1) is 6.10 Å². The Morgan fingerprint density at radius 3 is 2.37 bits per heavy atom. The van der Waals surface area contributed by atoms with Gasteiger partial charge in [-0.05, 0) is 37.5 Å². The van der Waals surface area contributed by atoms with Gasteiger partial charge in [0.2, 0.25) is 0 Å². The number of aryl methyl sites for hydroxylation is 2. The lowest BCUT2D eigenvalue weighted by molar-refractivity contribution is 0.200. The van der Waals surface area contributed by atoms with Crippen molar-refractivity contribution in [2.45, 2.75) is 31.3 Å². The number of hydrogen-bond acceptors (Lipinski definition) is 2. The Kier molecular flexibility index (Phi) is 5.06. The summed E-state index contributed by atoms with van der Waals surface area (Å²) in [6.07, 6.45) is 0.423. The summed E-state index contributed by atoms with van der Waals surface area (Å²) in [5.74, 6) is 0.735. The average Bonchev–Trinajstić information content (AvgIpc) is 2.40. The van der Waals surface area contributed by atoms with E-state index in [1.54, 1.807) is 11.8 Å². The van der Waals surface area contributed by atoms with Crippen LogP contribution >= 0.6 is 11.8 Å². The van der Waals surface area contributed by atoms with Crippen molar-refractivity contribution in [3.8, 4) is 0 Å². The monoisotopic (exact) mass is 272 g/mol. The fourth-order valence-electron chi connectivity index (χ4n) is 1.96. The smallest absolute Gasteiger partial charge is 0.0674 e. The molecule has 0 heterocycles. The summed E-state index contributed by atoms with van der Waals surface area (Å²) >= 11 is 1.73. The predicted molar refractivity (Wildman–Crippen MR) is 82.8 cm³/mol. The van der Waals surface area contributed by atoms with Crippen LogP contribution in [0.4, 0.5) is 0 Å². The van der Waals surface area contributed by atoms with E-state index >= 15 is 0 Å². The van der Waals surface area contributed by atoms with Crippen molar-refractivity contribution >= 4 is 11.8 Å². The van der Waals surface area contributed by atoms with Crippen LogP contribution in [0.3, 0.4) is 0 Å². The molecule has 0 radical (unpaired) electrons. The van der Waals surface area contributed by atoms with Crippen molar-refractivity contribution in [2.75, 3.05) is 5.75 Å². The maximum atomic E-state index is 10.1. The first-order chi connectivity index (χ1) is 9.15. The van der Waals surface area contributed by atoms with E-state index in [2.05, 4.69) is 50.2 Å². The summed E-state index contributed by atoms with van der Waals surface area (Å²) in [6, 6.07) is 16.7. The topological polar surface area (TPSA) is 20.2 Å². The van der Waals surface area contributed by atoms with E-state index in [1.165, 1.54) is 21.6 Å². The molecule has 0 aliphatic rings. The largest absolute Gasteiger partial charge is 0.392 e. The van der Waals surface area contributed by atoms with Crippen molar-refractivity contribution in [2.24, 2.45) is 0 Å². The van der Waals surface area contributed by atoms with Crippen molar-refractivity contribution < 1.29 is 5.11 Å². The maximum absolute atomic E-state index is 10.1. The van der Waals surface area contributed by atoms with E-state index in [0.29, 0.717) is 0 Å². The van der Waals surface area contributed by atoms with Gasteiger partial charge in [0, 0.05) is 10.6 Å². The lowest BCUT2D eigenvalue weighted by Gasteiger charge is -2.11. The molecular weight excluding hydrogens is 252 g/mol. The second-order valence-electron chi connectivity index (χ2n) is 4.92. The minimum Gasteiger partial charge on any atom is -0.392 e. The molecule has 2 aromatic rings. The standard InChI is InChI=1S/C17H20OS/c1-13-7-9-15(10-8-13)11-16(18)12-19-17-6-4-3-5-14(17)2/h3-10,16,18H,11-12H2,1-2H3. The fraction of sp³-hybridized carbons (Fsp3) is 0.294. The number of benzene rings is 2. The van der Waals surface area contributed by atoms with E-state index in [-0.39, 0.29) is 6.10 Å². The molecule has 2 heteroatoms. The number of hydrogen-bond donors (Lipinski definition) is 1. The first-order valence-electron chi connectivity index (χ1n) is 6.57. The Bertz CT molecular complexity index is 519. The zero-order valence-electron chi connectivity index (χ0n) is 11.5. The van der Waals surface area contributed by atoms with Gasteiger partial charge in [0.25, 0.3) is 0 Å². The van der Waals surface area contributed by atoms with E-state index in [4.69, 9.17) is 0 Å². The molecule has 0 aliphatic carbocycles. The second kappa shape index (κ2) is 6.78. The lowest BCUT2D eigenvalue weighted by atomic mass is 10.1. The van der Waals surface area contributed by atoms with Crippen LogP contribution in [0.5, 0.6) is 0 Å². The van der Waals surface area contributed by atoms with Crippen molar-refractivity contribution in [3.63, 3.8) is 0 Å². The third kappa shape index (κ3) is 4.41. The van der Waals surface area contributed by atoms with E-state index in [0.717, 1.165) is 12.2 Å². The van der Waals surface area contributed by atoms with Gasteiger partial charge < -0.3 is 5.11 Å². The maximum Gasteiger partial charge on any atom is 0.0674 e. The molecule has 0 aromatic heterocycles. The summed E-state index contributed by atoms with van der Waals surface area (Å²) in [4.78, 5) is 1.26. The highest BCUT2D eigenvalue weighted by Gasteiger charge is 2.07. The first-order valence-corrected chi connectivity index (χ1v) is 7.56. The lowest BCUT2D eigenvalue weighted by Crippen LogP contribution is -2.13. The molecule has 0 amide bonds. The third-order valence-electron chi connectivity index (χ3n) is 3.12. The summed E-state index contributed by atoms with van der Waals surface area (Å²) in [5.41, 5.74) is 3.73. The average molecular weight is 272 g/mol. The number of thioether (sulfide) groups is 1. The Hall–Kier alpha value is -1.25. The Balaban J connectivity index is 1.86. The molecule has 0 spiro atoms. The van der Waals surface area contributed by atoms with Crippen molar-refractivity contribution in [1.29, 1.82) is 0 Å². The molecule has 0 bridgehead atoms. The van der Waals surface area contributed by atoms with Crippen LogP contribution in [0.15, 0.2) is 53.4 Å². The van der Waals surface area contributed by atoms with Gasteiger partial charge in [-0.1, -0.05) is 48.0 Å². The van der Waals surface area contributed by atoms with Crippen molar-refractivity contribution in [3.05, 3.63) is 65.2 Å². The molecule has 1 N–H and O–H groups in total. The minimum absolute atomic E-state index is 0.299. The van der Waals surface area contributed by atoms with Gasteiger partial charge in [-0.3, -0.25) is 0 Å². The third-order valence-corrected chi connectivity index (χ3v) is 4.44. The Morgan fingerprint density at radius 2 is 1.68 bits per heavy atom. The van der Waals surface area contributed by atoms with E-state index in [9.17, 15) is 5.11 Å². The summed E-state index contributed by atoms with van der Waals surface area (Å²) in [6.45, 7) is 4.18. The van der Waals surface area contributed by atoms with Gasteiger partial charge in [-0.25, -0.2) is 0 Å². The second-order valence-corrected chi connectivity index (χ2v) is 5.98.